The molecule has 8 aromatic carbocycles. The zero-order valence-corrected chi connectivity index (χ0v) is 31.6. The second-order valence-electron chi connectivity index (χ2n) is 15.0. The summed E-state index contributed by atoms with van der Waals surface area (Å²) in [5.41, 5.74) is 16.4. The van der Waals surface area contributed by atoms with Crippen LogP contribution in [0.5, 0.6) is 0 Å². The maximum Gasteiger partial charge on any atom is 0.120 e. The first-order valence-corrected chi connectivity index (χ1v) is 19.7. The van der Waals surface area contributed by atoms with Crippen molar-refractivity contribution in [2.45, 2.75) is 5.41 Å². The van der Waals surface area contributed by atoms with Crippen LogP contribution in [0, 0.1) is 0 Å². The predicted octanol–water partition coefficient (Wildman–Crippen LogP) is 13.6. The predicted molar refractivity (Wildman–Crippen MR) is 237 cm³/mol. The quantitative estimate of drug-likeness (QED) is 0.159. The maximum atomic E-state index is 2.46. The van der Waals surface area contributed by atoms with Crippen molar-refractivity contribution in [2.75, 3.05) is 4.90 Å². The molecule has 10 aromatic rings. The van der Waals surface area contributed by atoms with Gasteiger partial charge in [0.05, 0.1) is 22.0 Å². The number of rotatable bonds is 7. The fourth-order valence-electron chi connectivity index (χ4n) is 9.55. The second kappa shape index (κ2) is 13.1. The number of aromatic nitrogens is 2. The number of anilines is 3. The molecule has 11 rings (SSSR count). The Morgan fingerprint density at radius 3 is 1.67 bits per heavy atom. The lowest BCUT2D eigenvalue weighted by atomic mass is 9.67. The monoisotopic (exact) mass is 729 g/mol. The third-order valence-corrected chi connectivity index (χ3v) is 12.0. The Balaban J connectivity index is 1.19. The maximum absolute atomic E-state index is 2.46. The number of benzene rings is 8. The lowest BCUT2D eigenvalue weighted by molar-refractivity contribution is 0.768. The minimum Gasteiger partial charge on any atom is -0.328 e. The standard InChI is InChI=1S/C54H39N3/c1-55-52(37-51-53(55)47-27-15-17-29-50(47)57(51)42-24-12-5-13-25-42)56(43-32-30-39(31-33-43)38-18-6-2-7-19-38)44-34-35-46-45-26-14-16-28-48(45)54(49(46)36-44,40-20-8-3-9-21-40)41-22-10-4-11-23-41/h2-37H,1H3. The zero-order chi connectivity index (χ0) is 37.9. The van der Waals surface area contributed by atoms with E-state index in [-0.39, 0.29) is 0 Å². The molecule has 0 radical (unpaired) electrons. The van der Waals surface area contributed by atoms with Gasteiger partial charge in [0.25, 0.3) is 0 Å². The van der Waals surface area contributed by atoms with E-state index in [2.05, 4.69) is 239 Å². The van der Waals surface area contributed by atoms with Crippen LogP contribution < -0.4 is 4.90 Å². The molecule has 0 aliphatic heterocycles. The van der Waals surface area contributed by atoms with E-state index in [0.717, 1.165) is 22.9 Å². The summed E-state index contributed by atoms with van der Waals surface area (Å²) in [5.74, 6) is 1.09. The van der Waals surface area contributed by atoms with E-state index in [9.17, 15) is 0 Å². The van der Waals surface area contributed by atoms with E-state index in [1.54, 1.807) is 0 Å². The van der Waals surface area contributed by atoms with Gasteiger partial charge in [0.1, 0.15) is 5.82 Å². The van der Waals surface area contributed by atoms with E-state index in [1.165, 1.54) is 66.4 Å². The normalized spacial score (nSPS) is 12.8. The van der Waals surface area contributed by atoms with Crippen LogP contribution in [0.2, 0.25) is 0 Å². The molecule has 0 N–H and O–H groups in total. The molecule has 3 heteroatoms. The molecule has 0 fully saturated rings. The Morgan fingerprint density at radius 1 is 0.421 bits per heavy atom. The van der Waals surface area contributed by atoms with Crippen molar-refractivity contribution < 1.29 is 0 Å². The number of hydrogen-bond acceptors (Lipinski definition) is 1. The minimum absolute atomic E-state index is 0.508. The van der Waals surface area contributed by atoms with Crippen LogP contribution in [0.3, 0.4) is 0 Å². The summed E-state index contributed by atoms with van der Waals surface area (Å²) in [4.78, 5) is 2.45. The topological polar surface area (TPSA) is 13.1 Å². The van der Waals surface area contributed by atoms with Crippen molar-refractivity contribution in [3.63, 3.8) is 0 Å². The molecule has 0 saturated heterocycles. The van der Waals surface area contributed by atoms with Crippen LogP contribution in [0.25, 0.3) is 49.9 Å². The zero-order valence-electron chi connectivity index (χ0n) is 31.6. The van der Waals surface area contributed by atoms with E-state index in [1.807, 2.05) is 0 Å². The number of hydrogen-bond donors (Lipinski definition) is 0. The van der Waals surface area contributed by atoms with Gasteiger partial charge in [-0.1, -0.05) is 170 Å². The fourth-order valence-corrected chi connectivity index (χ4v) is 9.55. The summed E-state index contributed by atoms with van der Waals surface area (Å²) < 4.78 is 4.78. The molecule has 57 heavy (non-hydrogen) atoms. The first kappa shape index (κ1) is 33.0. The lowest BCUT2D eigenvalue weighted by Gasteiger charge is -2.35. The molecule has 0 spiro atoms. The van der Waals surface area contributed by atoms with Gasteiger partial charge in [-0.25, -0.2) is 0 Å². The van der Waals surface area contributed by atoms with Crippen molar-refractivity contribution in [3.8, 4) is 27.9 Å². The number of aryl methyl sites for hydroxylation is 1. The highest BCUT2D eigenvalue weighted by atomic mass is 15.3. The fraction of sp³-hybridized carbons (Fsp3) is 0.0370. The number of fused-ring (bicyclic) bond motifs is 6. The molecule has 1 aliphatic rings. The first-order valence-electron chi connectivity index (χ1n) is 19.7. The Labute approximate surface area is 333 Å². The molecule has 0 amide bonds. The van der Waals surface area contributed by atoms with Gasteiger partial charge in [0.2, 0.25) is 0 Å². The van der Waals surface area contributed by atoms with Crippen molar-refractivity contribution >= 4 is 39.1 Å². The van der Waals surface area contributed by atoms with Crippen molar-refractivity contribution in [3.05, 3.63) is 241 Å². The SMILES string of the molecule is Cn1c(N(c2ccc(-c3ccccc3)cc2)c2ccc3c(c2)C(c2ccccc2)(c2ccccc2)c2ccccc2-3)cc2c1c1ccccc1n2-c1ccccc1. The summed E-state index contributed by atoms with van der Waals surface area (Å²) in [5, 5.41) is 1.22. The molecular weight excluding hydrogens is 691 g/mol. The van der Waals surface area contributed by atoms with Crippen molar-refractivity contribution in [1.29, 1.82) is 0 Å². The molecule has 0 saturated carbocycles. The smallest absolute Gasteiger partial charge is 0.120 e. The van der Waals surface area contributed by atoms with Crippen LogP contribution >= 0.6 is 0 Å². The molecule has 2 heterocycles. The van der Waals surface area contributed by atoms with Crippen LogP contribution in [-0.2, 0) is 12.5 Å². The van der Waals surface area contributed by atoms with Crippen LogP contribution in [0.1, 0.15) is 22.3 Å². The molecular formula is C54H39N3. The van der Waals surface area contributed by atoms with E-state index >= 15 is 0 Å². The Bertz CT molecular complexity index is 3010. The molecule has 3 nitrogen and oxygen atoms in total. The minimum atomic E-state index is -0.508. The highest BCUT2D eigenvalue weighted by Crippen LogP contribution is 2.57. The average Bonchev–Trinajstić information content (AvgIpc) is 3.90. The molecule has 1 aliphatic carbocycles. The first-order chi connectivity index (χ1) is 28.2. The summed E-state index contributed by atoms with van der Waals surface area (Å²) >= 11 is 0. The third kappa shape index (κ3) is 4.99. The van der Waals surface area contributed by atoms with Gasteiger partial charge < -0.3 is 9.13 Å². The summed E-state index contributed by atoms with van der Waals surface area (Å²) in [6, 6.07) is 79.7. The third-order valence-electron chi connectivity index (χ3n) is 12.0. The lowest BCUT2D eigenvalue weighted by Crippen LogP contribution is -2.28. The average molecular weight is 730 g/mol. The van der Waals surface area contributed by atoms with Gasteiger partial charge in [-0.05, 0) is 87.0 Å². The molecule has 0 atom stereocenters. The van der Waals surface area contributed by atoms with Gasteiger partial charge >= 0.3 is 0 Å². The van der Waals surface area contributed by atoms with Gasteiger partial charge in [0.15, 0.2) is 0 Å². The Hall–Kier alpha value is -7.36. The van der Waals surface area contributed by atoms with E-state index in [4.69, 9.17) is 0 Å². The van der Waals surface area contributed by atoms with Gasteiger partial charge in [0, 0.05) is 35.6 Å². The summed E-state index contributed by atoms with van der Waals surface area (Å²) in [7, 11) is 2.21. The highest BCUT2D eigenvalue weighted by molar-refractivity contribution is 6.10. The highest BCUT2D eigenvalue weighted by Gasteiger charge is 2.46. The largest absolute Gasteiger partial charge is 0.328 e. The number of para-hydroxylation sites is 2. The van der Waals surface area contributed by atoms with E-state index in [0.29, 0.717) is 0 Å². The van der Waals surface area contributed by atoms with Crippen molar-refractivity contribution in [1.82, 2.24) is 9.13 Å². The summed E-state index contributed by atoms with van der Waals surface area (Å²) in [6.07, 6.45) is 0. The Kier molecular flexibility index (Phi) is 7.61. The van der Waals surface area contributed by atoms with Gasteiger partial charge in [-0.2, -0.15) is 0 Å². The van der Waals surface area contributed by atoms with Crippen LogP contribution in [0.4, 0.5) is 17.2 Å². The molecule has 2 aromatic heterocycles. The second-order valence-corrected chi connectivity index (χ2v) is 15.0. The van der Waals surface area contributed by atoms with Gasteiger partial charge in [-0.15, -0.1) is 0 Å². The summed E-state index contributed by atoms with van der Waals surface area (Å²) in [6.45, 7) is 0. The van der Waals surface area contributed by atoms with Crippen molar-refractivity contribution in [2.24, 2.45) is 7.05 Å². The van der Waals surface area contributed by atoms with Crippen LogP contribution in [0.15, 0.2) is 218 Å². The van der Waals surface area contributed by atoms with Gasteiger partial charge in [-0.3, -0.25) is 4.90 Å². The molecule has 0 unspecified atom stereocenters. The number of nitrogens with zero attached hydrogens (tertiary/aromatic N) is 3. The van der Waals surface area contributed by atoms with E-state index < -0.39 is 5.41 Å². The molecule has 270 valence electrons. The van der Waals surface area contributed by atoms with Crippen LogP contribution in [-0.4, -0.2) is 9.13 Å². The Morgan fingerprint density at radius 2 is 0.965 bits per heavy atom. The molecule has 0 bridgehead atoms.